The zero-order valence-corrected chi connectivity index (χ0v) is 10.9. The van der Waals surface area contributed by atoms with Gasteiger partial charge < -0.3 is 4.57 Å². The van der Waals surface area contributed by atoms with Gasteiger partial charge in [-0.2, -0.15) is 0 Å². The van der Waals surface area contributed by atoms with Crippen LogP contribution in [-0.2, 0) is 6.54 Å². The van der Waals surface area contributed by atoms with Crippen molar-refractivity contribution in [3.05, 3.63) is 53.5 Å². The van der Waals surface area contributed by atoms with Gasteiger partial charge in [0.15, 0.2) is 16.6 Å². The minimum Gasteiger partial charge on any atom is -0.307 e. The number of Topliss-reactive ketones (excluding diaryl/α,β-unsaturated/α-hetero) is 1. The molecule has 0 amide bonds. The van der Waals surface area contributed by atoms with Crippen molar-refractivity contribution in [2.75, 3.05) is 0 Å². The Kier molecular flexibility index (Phi) is 3.15. The highest BCUT2D eigenvalue weighted by atomic mass is 35.5. The standard InChI is InChI=1S/C13H8ClFN4O/c14-12-11-13(17-6-16-12)19(7-18-11)5-10(20)8-1-3-9(15)4-2-8/h1-4,6-7H,5H2. The molecule has 0 unspecified atom stereocenters. The number of benzene rings is 1. The summed E-state index contributed by atoms with van der Waals surface area (Å²) in [6, 6.07) is 5.38. The Morgan fingerprint density at radius 1 is 1.20 bits per heavy atom. The topological polar surface area (TPSA) is 60.7 Å². The number of fused-ring (bicyclic) bond motifs is 1. The Labute approximate surface area is 118 Å². The van der Waals surface area contributed by atoms with E-state index in [1.807, 2.05) is 0 Å². The highest BCUT2D eigenvalue weighted by Crippen LogP contribution is 2.17. The van der Waals surface area contributed by atoms with Crippen LogP contribution < -0.4 is 0 Å². The Morgan fingerprint density at radius 2 is 1.95 bits per heavy atom. The molecule has 7 heteroatoms. The van der Waals surface area contributed by atoms with Crippen LogP contribution in [0, 0.1) is 5.82 Å². The van der Waals surface area contributed by atoms with E-state index >= 15 is 0 Å². The van der Waals surface area contributed by atoms with Gasteiger partial charge in [-0.05, 0) is 24.3 Å². The number of aromatic nitrogens is 4. The Balaban J connectivity index is 1.91. The van der Waals surface area contributed by atoms with Crippen LogP contribution in [0.3, 0.4) is 0 Å². The molecule has 0 aliphatic rings. The molecule has 0 atom stereocenters. The average molecular weight is 291 g/mol. The lowest BCUT2D eigenvalue weighted by Crippen LogP contribution is -2.10. The summed E-state index contributed by atoms with van der Waals surface area (Å²) in [4.78, 5) is 24.1. The first-order valence-corrected chi connectivity index (χ1v) is 6.13. The molecule has 0 saturated carbocycles. The minimum atomic E-state index is -0.380. The second-order valence-electron chi connectivity index (χ2n) is 4.14. The van der Waals surface area contributed by atoms with E-state index < -0.39 is 0 Å². The molecule has 1 aromatic carbocycles. The number of carbonyl (C=O) groups is 1. The summed E-state index contributed by atoms with van der Waals surface area (Å²) in [6.07, 6.45) is 2.79. The summed E-state index contributed by atoms with van der Waals surface area (Å²) in [5.41, 5.74) is 1.36. The Hall–Kier alpha value is -2.34. The van der Waals surface area contributed by atoms with Gasteiger partial charge in [-0.1, -0.05) is 11.6 Å². The van der Waals surface area contributed by atoms with Crippen molar-refractivity contribution in [1.82, 2.24) is 19.5 Å². The first kappa shape index (κ1) is 12.7. The number of nitrogens with zero attached hydrogens (tertiary/aromatic N) is 4. The number of halogens is 2. The Bertz CT molecular complexity index is 785. The van der Waals surface area contributed by atoms with Gasteiger partial charge in [0.1, 0.15) is 17.7 Å². The van der Waals surface area contributed by atoms with Gasteiger partial charge in [0.05, 0.1) is 12.9 Å². The van der Waals surface area contributed by atoms with Crippen LogP contribution in [0.5, 0.6) is 0 Å². The summed E-state index contributed by atoms with van der Waals surface area (Å²) in [6.45, 7) is 0.0511. The van der Waals surface area contributed by atoms with E-state index in [-0.39, 0.29) is 23.3 Å². The molecular formula is C13H8ClFN4O. The molecule has 0 radical (unpaired) electrons. The zero-order chi connectivity index (χ0) is 14.1. The van der Waals surface area contributed by atoms with E-state index in [4.69, 9.17) is 11.6 Å². The van der Waals surface area contributed by atoms with Gasteiger partial charge in [0.25, 0.3) is 0 Å². The number of ketones is 1. The third kappa shape index (κ3) is 2.25. The maximum absolute atomic E-state index is 12.8. The van der Waals surface area contributed by atoms with Crippen molar-refractivity contribution in [2.45, 2.75) is 6.54 Å². The fraction of sp³-hybridized carbons (Fsp3) is 0.0769. The van der Waals surface area contributed by atoms with Gasteiger partial charge in [-0.25, -0.2) is 19.3 Å². The van der Waals surface area contributed by atoms with Crippen LogP contribution in [0.1, 0.15) is 10.4 Å². The molecular weight excluding hydrogens is 283 g/mol. The quantitative estimate of drug-likeness (QED) is 0.549. The van der Waals surface area contributed by atoms with Crippen LogP contribution in [0.4, 0.5) is 4.39 Å². The van der Waals surface area contributed by atoms with Gasteiger partial charge in [0.2, 0.25) is 0 Å². The van der Waals surface area contributed by atoms with Crippen molar-refractivity contribution >= 4 is 28.5 Å². The summed E-state index contributed by atoms with van der Waals surface area (Å²) < 4.78 is 14.4. The fourth-order valence-electron chi connectivity index (χ4n) is 1.85. The van der Waals surface area contributed by atoms with Crippen molar-refractivity contribution in [1.29, 1.82) is 0 Å². The minimum absolute atomic E-state index is 0.0511. The molecule has 0 spiro atoms. The maximum Gasteiger partial charge on any atom is 0.182 e. The molecule has 5 nitrogen and oxygen atoms in total. The number of hydrogen-bond acceptors (Lipinski definition) is 4. The van der Waals surface area contributed by atoms with Crippen LogP contribution >= 0.6 is 11.6 Å². The molecule has 0 saturated heterocycles. The van der Waals surface area contributed by atoms with Gasteiger partial charge in [-0.15, -0.1) is 0 Å². The molecule has 3 aromatic rings. The van der Waals surface area contributed by atoms with Crippen molar-refractivity contribution in [2.24, 2.45) is 0 Å². The molecule has 100 valence electrons. The second-order valence-corrected chi connectivity index (χ2v) is 4.50. The lowest BCUT2D eigenvalue weighted by Gasteiger charge is -2.03. The number of rotatable bonds is 3. The van der Waals surface area contributed by atoms with E-state index in [9.17, 15) is 9.18 Å². The van der Waals surface area contributed by atoms with Gasteiger partial charge in [0, 0.05) is 5.56 Å². The summed E-state index contributed by atoms with van der Waals surface area (Å²) in [7, 11) is 0. The SMILES string of the molecule is O=C(Cn1cnc2c(Cl)ncnc21)c1ccc(F)cc1. The highest BCUT2D eigenvalue weighted by Gasteiger charge is 2.12. The summed E-state index contributed by atoms with van der Waals surface area (Å²) in [5, 5.41) is 0.239. The van der Waals surface area contributed by atoms with Gasteiger partial charge >= 0.3 is 0 Å². The molecule has 0 aliphatic heterocycles. The lowest BCUT2D eigenvalue weighted by atomic mass is 10.1. The fourth-order valence-corrected chi connectivity index (χ4v) is 2.03. The van der Waals surface area contributed by atoms with E-state index in [0.29, 0.717) is 16.7 Å². The van der Waals surface area contributed by atoms with Gasteiger partial charge in [-0.3, -0.25) is 4.79 Å². The first-order valence-electron chi connectivity index (χ1n) is 5.75. The third-order valence-electron chi connectivity index (χ3n) is 2.84. The predicted octanol–water partition coefficient (Wildman–Crippen LogP) is 2.50. The second kappa shape index (κ2) is 4.97. The van der Waals surface area contributed by atoms with Crippen LogP contribution in [0.25, 0.3) is 11.2 Å². The highest BCUT2D eigenvalue weighted by molar-refractivity contribution is 6.33. The molecule has 20 heavy (non-hydrogen) atoms. The maximum atomic E-state index is 12.8. The smallest absolute Gasteiger partial charge is 0.182 e. The molecule has 0 bridgehead atoms. The van der Waals surface area contributed by atoms with Crippen LogP contribution in [0.2, 0.25) is 5.15 Å². The molecule has 2 aromatic heterocycles. The zero-order valence-electron chi connectivity index (χ0n) is 10.1. The van der Waals surface area contributed by atoms with E-state index in [2.05, 4.69) is 15.0 Å². The summed E-state index contributed by atoms with van der Waals surface area (Å²) in [5.74, 6) is -0.548. The number of hydrogen-bond donors (Lipinski definition) is 0. The van der Waals surface area contributed by atoms with Crippen molar-refractivity contribution in [3.8, 4) is 0 Å². The molecule has 2 heterocycles. The van der Waals surface area contributed by atoms with Crippen LogP contribution in [-0.4, -0.2) is 25.3 Å². The molecule has 0 aliphatic carbocycles. The average Bonchev–Trinajstić information content (AvgIpc) is 2.84. The summed E-state index contributed by atoms with van der Waals surface area (Å²) >= 11 is 5.89. The van der Waals surface area contributed by atoms with E-state index in [0.717, 1.165) is 0 Å². The first-order chi connectivity index (χ1) is 9.65. The third-order valence-corrected chi connectivity index (χ3v) is 3.11. The largest absolute Gasteiger partial charge is 0.307 e. The van der Waals surface area contributed by atoms with E-state index in [1.165, 1.54) is 36.9 Å². The van der Waals surface area contributed by atoms with Crippen molar-refractivity contribution in [3.63, 3.8) is 0 Å². The van der Waals surface area contributed by atoms with Crippen molar-refractivity contribution < 1.29 is 9.18 Å². The predicted molar refractivity (Wildman–Crippen MR) is 71.1 cm³/mol. The normalized spacial score (nSPS) is 10.9. The molecule has 3 rings (SSSR count). The molecule has 0 N–H and O–H groups in total. The molecule has 0 fully saturated rings. The van der Waals surface area contributed by atoms with Crippen LogP contribution in [0.15, 0.2) is 36.9 Å². The number of carbonyl (C=O) groups excluding carboxylic acids is 1. The van der Waals surface area contributed by atoms with E-state index in [1.54, 1.807) is 4.57 Å². The number of imidazole rings is 1. The lowest BCUT2D eigenvalue weighted by molar-refractivity contribution is 0.0973. The monoisotopic (exact) mass is 290 g/mol. The Morgan fingerprint density at radius 3 is 2.70 bits per heavy atom.